The molecule has 0 amide bonds. The summed E-state index contributed by atoms with van der Waals surface area (Å²) in [5.41, 5.74) is 0.637. The molecule has 1 heterocycles. The Morgan fingerprint density at radius 2 is 2.12 bits per heavy atom. The number of hydrogen-bond acceptors (Lipinski definition) is 3. The van der Waals surface area contributed by atoms with E-state index in [9.17, 15) is 5.11 Å². The summed E-state index contributed by atoms with van der Waals surface area (Å²) >= 11 is 0. The highest BCUT2D eigenvalue weighted by atomic mass is 16.5. The number of aromatic nitrogens is 2. The van der Waals surface area contributed by atoms with E-state index in [0.29, 0.717) is 18.9 Å². The van der Waals surface area contributed by atoms with E-state index < -0.39 is 6.10 Å². The van der Waals surface area contributed by atoms with Gasteiger partial charge in [-0.2, -0.15) is 5.10 Å². The lowest BCUT2D eigenvalue weighted by molar-refractivity contribution is -0.0192. The second-order valence-electron chi connectivity index (χ2n) is 5.41. The van der Waals surface area contributed by atoms with Crippen LogP contribution in [0.5, 0.6) is 0 Å². The van der Waals surface area contributed by atoms with Crippen LogP contribution in [-0.2, 0) is 11.2 Å². The highest BCUT2D eigenvalue weighted by Gasteiger charge is 2.22. The Morgan fingerprint density at radius 1 is 1.47 bits per heavy atom. The summed E-state index contributed by atoms with van der Waals surface area (Å²) < 4.78 is 7.21. The summed E-state index contributed by atoms with van der Waals surface area (Å²) in [7, 11) is 1.67. The molecule has 17 heavy (non-hydrogen) atoms. The molecule has 4 nitrogen and oxygen atoms in total. The summed E-state index contributed by atoms with van der Waals surface area (Å²) in [5, 5.41) is 14.4. The fourth-order valence-electron chi connectivity index (χ4n) is 1.74. The van der Waals surface area contributed by atoms with Gasteiger partial charge < -0.3 is 9.84 Å². The average Bonchev–Trinajstić information content (AvgIpc) is 2.65. The molecule has 0 spiro atoms. The molecule has 1 atom stereocenters. The molecule has 0 saturated heterocycles. The molecule has 0 radical (unpaired) electrons. The van der Waals surface area contributed by atoms with Crippen LogP contribution in [0.1, 0.15) is 45.9 Å². The molecule has 0 aliphatic carbocycles. The number of aliphatic hydroxyl groups is 1. The molecule has 0 saturated carbocycles. The van der Waals surface area contributed by atoms with E-state index in [2.05, 4.69) is 18.9 Å². The van der Waals surface area contributed by atoms with Gasteiger partial charge in [0.1, 0.15) is 0 Å². The zero-order valence-electron chi connectivity index (χ0n) is 11.5. The van der Waals surface area contributed by atoms with Crippen molar-refractivity contribution in [1.82, 2.24) is 9.78 Å². The third kappa shape index (κ3) is 4.48. The van der Waals surface area contributed by atoms with Crippen LogP contribution in [0.2, 0.25) is 0 Å². The van der Waals surface area contributed by atoms with Crippen molar-refractivity contribution in [1.29, 1.82) is 0 Å². The Bertz CT molecular complexity index is 345. The number of ether oxygens (including phenoxy) is 1. The largest absolute Gasteiger partial charge is 0.393 e. The van der Waals surface area contributed by atoms with Gasteiger partial charge in [-0.15, -0.1) is 0 Å². The van der Waals surface area contributed by atoms with Gasteiger partial charge in [-0.3, -0.25) is 4.68 Å². The van der Waals surface area contributed by atoms with Crippen molar-refractivity contribution < 1.29 is 9.84 Å². The van der Waals surface area contributed by atoms with Gasteiger partial charge in [-0.05, 0) is 33.8 Å². The molecular weight excluding hydrogens is 216 g/mol. The second-order valence-corrected chi connectivity index (χ2v) is 5.41. The Balaban J connectivity index is 2.53. The quantitative estimate of drug-likeness (QED) is 0.829. The van der Waals surface area contributed by atoms with Crippen LogP contribution < -0.4 is 0 Å². The van der Waals surface area contributed by atoms with Gasteiger partial charge >= 0.3 is 0 Å². The highest BCUT2D eigenvalue weighted by Crippen LogP contribution is 2.18. The molecule has 1 aromatic rings. The second kappa shape index (κ2) is 5.65. The summed E-state index contributed by atoms with van der Waals surface area (Å²) in [5.74, 6) is 0. The minimum absolute atomic E-state index is 0.292. The lowest BCUT2D eigenvalue weighted by Gasteiger charge is -2.25. The molecule has 0 bridgehead atoms. The summed E-state index contributed by atoms with van der Waals surface area (Å²) in [6, 6.07) is 2.32. The van der Waals surface area contributed by atoms with Gasteiger partial charge in [0.05, 0.1) is 17.4 Å². The van der Waals surface area contributed by atoms with E-state index in [1.807, 2.05) is 30.8 Å². The summed E-state index contributed by atoms with van der Waals surface area (Å²) in [6.07, 6.45) is 2.72. The molecule has 0 aromatic carbocycles. The lowest BCUT2D eigenvalue weighted by Crippen LogP contribution is -2.29. The highest BCUT2D eigenvalue weighted by molar-refractivity contribution is 5.01. The van der Waals surface area contributed by atoms with Gasteiger partial charge in [-0.25, -0.2) is 0 Å². The molecule has 0 fully saturated rings. The third-order valence-corrected chi connectivity index (χ3v) is 2.92. The van der Waals surface area contributed by atoms with E-state index in [0.717, 1.165) is 5.69 Å². The predicted octanol–water partition coefficient (Wildman–Crippen LogP) is 2.18. The van der Waals surface area contributed by atoms with E-state index in [4.69, 9.17) is 4.74 Å². The van der Waals surface area contributed by atoms with Gasteiger partial charge in [0.2, 0.25) is 0 Å². The van der Waals surface area contributed by atoms with Gasteiger partial charge in [0.25, 0.3) is 0 Å². The molecule has 1 N–H and O–H groups in total. The summed E-state index contributed by atoms with van der Waals surface area (Å²) in [6.45, 7) is 8.12. The van der Waals surface area contributed by atoms with Crippen molar-refractivity contribution in [3.8, 4) is 0 Å². The van der Waals surface area contributed by atoms with E-state index in [1.165, 1.54) is 0 Å². The van der Waals surface area contributed by atoms with Crippen molar-refractivity contribution in [2.75, 3.05) is 7.11 Å². The number of nitrogens with zero attached hydrogens (tertiary/aromatic N) is 2. The number of hydrogen-bond donors (Lipinski definition) is 1. The SMILES string of the molecule is COC(C)(C)CC(O)Cc1ccn(C(C)C)n1. The molecule has 1 rings (SSSR count). The number of methoxy groups -OCH3 is 1. The van der Waals surface area contributed by atoms with Gasteiger partial charge in [0, 0.05) is 32.2 Å². The molecule has 1 aromatic heterocycles. The fraction of sp³-hybridized carbons (Fsp3) is 0.769. The first kappa shape index (κ1) is 14.2. The maximum atomic E-state index is 9.99. The minimum atomic E-state index is -0.416. The molecule has 98 valence electrons. The van der Waals surface area contributed by atoms with Crippen molar-refractivity contribution in [2.45, 2.75) is 58.3 Å². The average molecular weight is 240 g/mol. The number of rotatable bonds is 6. The maximum Gasteiger partial charge on any atom is 0.0650 e. The molecule has 4 heteroatoms. The van der Waals surface area contributed by atoms with Crippen LogP contribution in [0.25, 0.3) is 0 Å². The maximum absolute atomic E-state index is 9.99. The molecule has 0 aliphatic rings. The van der Waals surface area contributed by atoms with Crippen molar-refractivity contribution >= 4 is 0 Å². The van der Waals surface area contributed by atoms with Crippen molar-refractivity contribution in [2.24, 2.45) is 0 Å². The Hall–Kier alpha value is -0.870. The van der Waals surface area contributed by atoms with Crippen LogP contribution in [0.15, 0.2) is 12.3 Å². The minimum Gasteiger partial charge on any atom is -0.393 e. The Kier molecular flexibility index (Phi) is 4.71. The first-order valence-electron chi connectivity index (χ1n) is 6.11. The van der Waals surface area contributed by atoms with Crippen molar-refractivity contribution in [3.05, 3.63) is 18.0 Å². The van der Waals surface area contributed by atoms with Crippen LogP contribution in [0, 0.1) is 0 Å². The van der Waals surface area contributed by atoms with E-state index in [1.54, 1.807) is 7.11 Å². The van der Waals surface area contributed by atoms with E-state index in [-0.39, 0.29) is 5.60 Å². The molecule has 0 aliphatic heterocycles. The van der Waals surface area contributed by atoms with Gasteiger partial charge in [-0.1, -0.05) is 0 Å². The zero-order chi connectivity index (χ0) is 13.1. The topological polar surface area (TPSA) is 47.3 Å². The monoisotopic (exact) mass is 240 g/mol. The van der Waals surface area contributed by atoms with Crippen LogP contribution in [0.4, 0.5) is 0 Å². The smallest absolute Gasteiger partial charge is 0.0650 e. The first-order valence-corrected chi connectivity index (χ1v) is 6.11. The van der Waals surface area contributed by atoms with Crippen molar-refractivity contribution in [3.63, 3.8) is 0 Å². The Labute approximate surface area is 104 Å². The standard InChI is InChI=1S/C13H24N2O2/c1-10(2)15-7-6-11(14-15)8-12(16)9-13(3,4)17-5/h6-7,10,12,16H,8-9H2,1-5H3. The number of aliphatic hydroxyl groups excluding tert-OH is 1. The predicted molar refractivity (Wildman–Crippen MR) is 68.0 cm³/mol. The lowest BCUT2D eigenvalue weighted by atomic mass is 9.98. The third-order valence-electron chi connectivity index (χ3n) is 2.92. The van der Waals surface area contributed by atoms with Gasteiger partial charge in [0.15, 0.2) is 0 Å². The summed E-state index contributed by atoms with van der Waals surface area (Å²) in [4.78, 5) is 0. The van der Waals surface area contributed by atoms with Crippen LogP contribution in [-0.4, -0.2) is 33.7 Å². The normalized spacial score (nSPS) is 14.3. The fourth-order valence-corrected chi connectivity index (χ4v) is 1.74. The Morgan fingerprint density at radius 3 is 2.59 bits per heavy atom. The zero-order valence-corrected chi connectivity index (χ0v) is 11.5. The molecular formula is C13H24N2O2. The first-order chi connectivity index (χ1) is 7.84. The molecule has 1 unspecified atom stereocenters. The van der Waals surface area contributed by atoms with Crippen LogP contribution in [0.3, 0.4) is 0 Å². The van der Waals surface area contributed by atoms with E-state index >= 15 is 0 Å². The van der Waals surface area contributed by atoms with Crippen LogP contribution >= 0.6 is 0 Å².